The first kappa shape index (κ1) is 41.6. The lowest BCUT2D eigenvalue weighted by molar-refractivity contribution is -0.128. The molecule has 15 heteroatoms. The van der Waals surface area contributed by atoms with Crippen molar-refractivity contribution in [1.29, 1.82) is 0 Å². The number of carbonyl (C=O) groups excluding carboxylic acids is 4. The highest BCUT2D eigenvalue weighted by Crippen LogP contribution is 1.88. The van der Waals surface area contributed by atoms with Crippen LogP contribution in [0.25, 0.3) is 0 Å². The van der Waals surface area contributed by atoms with E-state index < -0.39 is 0 Å². The average molecular weight is 636 g/mol. The van der Waals surface area contributed by atoms with E-state index >= 15 is 0 Å². The van der Waals surface area contributed by atoms with Crippen molar-refractivity contribution in [3.05, 3.63) is 0 Å². The third-order valence-electron chi connectivity index (χ3n) is 5.72. The minimum absolute atomic E-state index is 0.00775. The number of hydrogen-bond acceptors (Lipinski definition) is 11. The van der Waals surface area contributed by atoms with Crippen molar-refractivity contribution in [2.24, 2.45) is 0 Å². The standard InChI is InChI=1S/C29H57N5O10/c1-4-6-8-30-25(3)29(38)34-12-15-41-18-21-44-24-28(37)33-11-14-40-17-20-43-23-27(36)32-10-13-39-16-19-42-22-26(35)31-9-7-5-2/h25,30H,4-24H2,1-3H3,(H,31,35)(H,32,36)(H,33,37)(H,34,38)/t25-/m1/s1. The predicted octanol–water partition coefficient (Wildman–Crippen LogP) is -0.871. The fourth-order valence-electron chi connectivity index (χ4n) is 3.22. The van der Waals surface area contributed by atoms with Gasteiger partial charge in [-0.15, -0.1) is 0 Å². The fourth-order valence-corrected chi connectivity index (χ4v) is 3.22. The SMILES string of the molecule is CCCCNC(=O)COCCOCCNC(=O)COCCOCCNC(=O)COCCOCCNC(=O)[C@@H](C)NCCCC. The third kappa shape index (κ3) is 29.7. The van der Waals surface area contributed by atoms with Gasteiger partial charge >= 0.3 is 0 Å². The summed E-state index contributed by atoms with van der Waals surface area (Å²) in [5, 5.41) is 14.1. The molecule has 0 aliphatic heterocycles. The van der Waals surface area contributed by atoms with E-state index in [1.165, 1.54) is 0 Å². The van der Waals surface area contributed by atoms with Gasteiger partial charge in [0.25, 0.3) is 0 Å². The van der Waals surface area contributed by atoms with Crippen molar-refractivity contribution in [1.82, 2.24) is 26.6 Å². The zero-order chi connectivity index (χ0) is 32.5. The number of rotatable bonds is 32. The Labute approximate surface area is 262 Å². The highest BCUT2D eigenvalue weighted by atomic mass is 16.5. The average Bonchev–Trinajstić information content (AvgIpc) is 3.01. The Morgan fingerprint density at radius 2 is 0.841 bits per heavy atom. The molecule has 4 amide bonds. The molecule has 44 heavy (non-hydrogen) atoms. The van der Waals surface area contributed by atoms with Gasteiger partial charge in [-0.3, -0.25) is 19.2 Å². The van der Waals surface area contributed by atoms with Crippen molar-refractivity contribution in [3.63, 3.8) is 0 Å². The van der Waals surface area contributed by atoms with Crippen LogP contribution in [0, 0.1) is 0 Å². The van der Waals surface area contributed by atoms with Gasteiger partial charge in [-0.2, -0.15) is 0 Å². The molecule has 0 aromatic carbocycles. The second kappa shape index (κ2) is 32.0. The van der Waals surface area contributed by atoms with Gasteiger partial charge in [0.05, 0.1) is 65.5 Å². The van der Waals surface area contributed by atoms with Crippen molar-refractivity contribution in [2.45, 2.75) is 52.5 Å². The van der Waals surface area contributed by atoms with Crippen molar-refractivity contribution in [3.8, 4) is 0 Å². The third-order valence-corrected chi connectivity index (χ3v) is 5.72. The molecule has 0 aromatic rings. The van der Waals surface area contributed by atoms with Gasteiger partial charge in [-0.1, -0.05) is 26.7 Å². The van der Waals surface area contributed by atoms with Crippen LogP contribution in [-0.4, -0.2) is 142 Å². The van der Waals surface area contributed by atoms with Crippen molar-refractivity contribution >= 4 is 23.6 Å². The van der Waals surface area contributed by atoms with Crippen LogP contribution >= 0.6 is 0 Å². The summed E-state index contributed by atoms with van der Waals surface area (Å²) in [7, 11) is 0. The quantitative estimate of drug-likeness (QED) is 0.0579. The Kier molecular flexibility index (Phi) is 30.3. The lowest BCUT2D eigenvalue weighted by Crippen LogP contribution is -2.43. The van der Waals surface area contributed by atoms with Crippen molar-refractivity contribution < 1.29 is 47.6 Å². The normalized spacial score (nSPS) is 11.6. The molecule has 0 spiro atoms. The lowest BCUT2D eigenvalue weighted by atomic mass is 10.3. The van der Waals surface area contributed by atoms with Gasteiger partial charge in [-0.25, -0.2) is 0 Å². The summed E-state index contributed by atoms with van der Waals surface area (Å²) in [5.74, 6) is -0.728. The van der Waals surface area contributed by atoms with Gasteiger partial charge in [0.1, 0.15) is 19.8 Å². The molecule has 0 rings (SSSR count). The van der Waals surface area contributed by atoms with Gasteiger partial charge < -0.3 is 55.0 Å². The van der Waals surface area contributed by atoms with E-state index in [0.29, 0.717) is 65.8 Å². The first-order valence-corrected chi connectivity index (χ1v) is 15.7. The molecule has 0 saturated carbocycles. The maximum absolute atomic E-state index is 11.9. The molecule has 0 saturated heterocycles. The van der Waals surface area contributed by atoms with Crippen LogP contribution in [-0.2, 0) is 47.6 Å². The monoisotopic (exact) mass is 635 g/mol. The largest absolute Gasteiger partial charge is 0.377 e. The molecule has 0 radical (unpaired) electrons. The highest BCUT2D eigenvalue weighted by molar-refractivity contribution is 5.81. The lowest BCUT2D eigenvalue weighted by Gasteiger charge is -2.13. The maximum atomic E-state index is 11.9. The predicted molar refractivity (Wildman–Crippen MR) is 164 cm³/mol. The minimum Gasteiger partial charge on any atom is -0.377 e. The number of unbranched alkanes of at least 4 members (excludes halogenated alkanes) is 2. The molecular weight excluding hydrogens is 578 g/mol. The van der Waals surface area contributed by atoms with Crippen LogP contribution in [0.1, 0.15) is 46.5 Å². The van der Waals surface area contributed by atoms with Crippen LogP contribution in [0.15, 0.2) is 0 Å². The van der Waals surface area contributed by atoms with Crippen LogP contribution in [0.4, 0.5) is 0 Å². The number of nitrogens with one attached hydrogen (secondary N) is 5. The van der Waals surface area contributed by atoms with Gasteiger partial charge in [0, 0.05) is 26.2 Å². The van der Waals surface area contributed by atoms with E-state index in [-0.39, 0.29) is 69.3 Å². The molecule has 15 nitrogen and oxygen atoms in total. The van der Waals surface area contributed by atoms with E-state index in [0.717, 1.165) is 32.2 Å². The van der Waals surface area contributed by atoms with E-state index in [4.69, 9.17) is 28.4 Å². The molecule has 258 valence electrons. The molecule has 5 N–H and O–H groups in total. The first-order chi connectivity index (χ1) is 21.4. The Hall–Kier alpha value is -2.40. The zero-order valence-corrected chi connectivity index (χ0v) is 27.0. The van der Waals surface area contributed by atoms with E-state index in [9.17, 15) is 19.2 Å². The summed E-state index contributed by atoms with van der Waals surface area (Å²) < 4.78 is 31.8. The summed E-state index contributed by atoms with van der Waals surface area (Å²) in [6.45, 7) is 11.1. The smallest absolute Gasteiger partial charge is 0.246 e. The molecule has 0 heterocycles. The van der Waals surface area contributed by atoms with E-state index in [2.05, 4.69) is 40.4 Å². The summed E-state index contributed by atoms with van der Waals surface area (Å²) in [6, 6.07) is -0.237. The second-order valence-electron chi connectivity index (χ2n) is 9.72. The summed E-state index contributed by atoms with van der Waals surface area (Å²) in [4.78, 5) is 46.9. The Morgan fingerprint density at radius 1 is 0.477 bits per heavy atom. The van der Waals surface area contributed by atoms with Gasteiger partial charge in [-0.05, 0) is 26.3 Å². The number of carbonyl (C=O) groups is 4. The maximum Gasteiger partial charge on any atom is 0.246 e. The number of ether oxygens (including phenoxy) is 6. The topological polar surface area (TPSA) is 184 Å². The summed E-state index contributed by atoms with van der Waals surface area (Å²) in [5.41, 5.74) is 0. The van der Waals surface area contributed by atoms with Gasteiger partial charge in [0.15, 0.2) is 0 Å². The van der Waals surface area contributed by atoms with Crippen molar-refractivity contribution in [2.75, 3.05) is 112 Å². The molecule has 0 aliphatic carbocycles. The molecule has 1 atom stereocenters. The zero-order valence-electron chi connectivity index (χ0n) is 27.0. The van der Waals surface area contributed by atoms with E-state index in [1.54, 1.807) is 0 Å². The van der Waals surface area contributed by atoms with Crippen LogP contribution in [0.2, 0.25) is 0 Å². The molecule has 0 aliphatic rings. The molecule has 0 aromatic heterocycles. The van der Waals surface area contributed by atoms with Crippen LogP contribution in [0.3, 0.4) is 0 Å². The van der Waals surface area contributed by atoms with Gasteiger partial charge in [0.2, 0.25) is 23.6 Å². The highest BCUT2D eigenvalue weighted by Gasteiger charge is 2.10. The Balaban J connectivity index is 3.39. The molecular formula is C29H57N5O10. The second-order valence-corrected chi connectivity index (χ2v) is 9.72. The molecule has 0 bridgehead atoms. The molecule has 0 fully saturated rings. The molecule has 0 unspecified atom stereocenters. The van der Waals surface area contributed by atoms with E-state index in [1.807, 2.05) is 6.92 Å². The Bertz CT molecular complexity index is 733. The first-order valence-electron chi connectivity index (χ1n) is 15.7. The minimum atomic E-state index is -0.265. The fraction of sp³-hybridized carbons (Fsp3) is 0.862. The Morgan fingerprint density at radius 3 is 1.27 bits per heavy atom. The number of amides is 4. The van der Waals surface area contributed by atoms with Crippen LogP contribution in [0.5, 0.6) is 0 Å². The summed E-state index contributed by atoms with van der Waals surface area (Å²) in [6.07, 6.45) is 4.08. The van der Waals surface area contributed by atoms with Crippen LogP contribution < -0.4 is 26.6 Å². The number of hydrogen-bond donors (Lipinski definition) is 5. The summed E-state index contributed by atoms with van der Waals surface area (Å²) >= 11 is 0.